The molecule has 0 saturated heterocycles. The molecule has 0 aliphatic carbocycles. The summed E-state index contributed by atoms with van der Waals surface area (Å²) in [5.41, 5.74) is 12.2. The molecular weight excluding hydrogens is 432 g/mol. The van der Waals surface area contributed by atoms with E-state index < -0.39 is 48.8 Å². The Kier molecular flexibility index (Phi) is 8.75. The molecule has 2 amide bonds. The first-order valence-electron chi connectivity index (χ1n) is 10.0. The van der Waals surface area contributed by atoms with Crippen LogP contribution in [-0.4, -0.2) is 82.0 Å². The van der Waals surface area contributed by atoms with Crippen LogP contribution in [0, 0.1) is 11.3 Å². The highest BCUT2D eigenvalue weighted by Gasteiger charge is 2.44. The number of nitrogens with zero attached hydrogens (tertiary/aromatic N) is 3. The molecule has 0 aromatic heterocycles. The maximum Gasteiger partial charge on any atom is 0.288 e. The van der Waals surface area contributed by atoms with E-state index in [1.165, 1.54) is 24.9 Å². The van der Waals surface area contributed by atoms with Crippen LogP contribution in [0.1, 0.15) is 18.1 Å². The van der Waals surface area contributed by atoms with Gasteiger partial charge in [0.2, 0.25) is 5.91 Å². The van der Waals surface area contributed by atoms with Gasteiger partial charge in [0.1, 0.15) is 18.3 Å². The minimum Gasteiger partial charge on any atom is -0.480 e. The van der Waals surface area contributed by atoms with E-state index in [-0.39, 0.29) is 18.3 Å². The van der Waals surface area contributed by atoms with Crippen LogP contribution in [0.15, 0.2) is 41.1 Å². The van der Waals surface area contributed by atoms with Gasteiger partial charge < -0.3 is 41.7 Å². The van der Waals surface area contributed by atoms with E-state index in [0.717, 1.165) is 5.56 Å². The van der Waals surface area contributed by atoms with Crippen LogP contribution < -0.4 is 16.8 Å². The zero-order valence-electron chi connectivity index (χ0n) is 18.3. The summed E-state index contributed by atoms with van der Waals surface area (Å²) in [5.74, 6) is -1.61. The summed E-state index contributed by atoms with van der Waals surface area (Å²) in [7, 11) is 1.52. The van der Waals surface area contributed by atoms with Crippen LogP contribution in [0.3, 0.4) is 0 Å². The zero-order valence-corrected chi connectivity index (χ0v) is 18.3. The number of carbonyl (C=O) groups is 2. The Bertz CT molecular complexity index is 953. The van der Waals surface area contributed by atoms with Crippen LogP contribution in [0.5, 0.6) is 0 Å². The molecule has 1 aromatic rings. The number of aliphatic hydroxyl groups excluding tert-OH is 3. The highest BCUT2D eigenvalue weighted by atomic mass is 16.5. The molecule has 178 valence electrons. The van der Waals surface area contributed by atoms with E-state index in [4.69, 9.17) is 21.5 Å². The SMILES string of the molecule is CC(=O)N[C@H]1[C@H]([C@H](O)[C@H](O)CO)OC(C(=O)N(C)Cc2ccc(C#N)cc2)=C[C@@H]1N=C(N)N. The third-order valence-electron chi connectivity index (χ3n) is 4.95. The first-order chi connectivity index (χ1) is 15.6. The molecule has 12 nitrogen and oxygen atoms in total. The molecule has 33 heavy (non-hydrogen) atoms. The molecule has 1 heterocycles. The lowest BCUT2D eigenvalue weighted by atomic mass is 9.92. The number of carbonyl (C=O) groups excluding carboxylic acids is 2. The minimum absolute atomic E-state index is 0.180. The average Bonchev–Trinajstić information content (AvgIpc) is 2.78. The van der Waals surface area contributed by atoms with Crippen LogP contribution in [0.2, 0.25) is 0 Å². The molecule has 2 rings (SSSR count). The molecule has 1 aliphatic rings. The van der Waals surface area contributed by atoms with E-state index in [2.05, 4.69) is 10.3 Å². The topological polar surface area (TPSA) is 208 Å². The van der Waals surface area contributed by atoms with Crippen molar-refractivity contribution in [2.45, 2.75) is 43.9 Å². The smallest absolute Gasteiger partial charge is 0.288 e. The monoisotopic (exact) mass is 460 g/mol. The second-order valence-corrected chi connectivity index (χ2v) is 7.59. The van der Waals surface area contributed by atoms with Gasteiger partial charge in [0.05, 0.1) is 30.3 Å². The molecule has 5 atom stereocenters. The zero-order chi connectivity index (χ0) is 24.7. The number of ether oxygens (including phenoxy) is 1. The summed E-state index contributed by atoms with van der Waals surface area (Å²) in [5, 5.41) is 41.2. The van der Waals surface area contributed by atoms with Gasteiger partial charge in [0.15, 0.2) is 11.7 Å². The second-order valence-electron chi connectivity index (χ2n) is 7.59. The highest BCUT2D eigenvalue weighted by Crippen LogP contribution is 2.26. The van der Waals surface area contributed by atoms with Crippen molar-refractivity contribution in [1.29, 1.82) is 5.26 Å². The number of nitriles is 1. The fourth-order valence-corrected chi connectivity index (χ4v) is 3.35. The van der Waals surface area contributed by atoms with Crippen molar-refractivity contribution in [1.82, 2.24) is 10.2 Å². The lowest BCUT2D eigenvalue weighted by Crippen LogP contribution is -2.60. The van der Waals surface area contributed by atoms with Crippen molar-refractivity contribution in [3.05, 3.63) is 47.2 Å². The number of aliphatic hydroxyl groups is 3. The summed E-state index contributed by atoms with van der Waals surface area (Å²) >= 11 is 0. The lowest BCUT2D eigenvalue weighted by molar-refractivity contribution is -0.140. The molecular formula is C21H28N6O6. The van der Waals surface area contributed by atoms with Crippen molar-refractivity contribution in [2.24, 2.45) is 16.5 Å². The third kappa shape index (κ3) is 6.66. The van der Waals surface area contributed by atoms with Crippen molar-refractivity contribution < 1.29 is 29.6 Å². The second kappa shape index (κ2) is 11.3. The van der Waals surface area contributed by atoms with Crippen LogP contribution in [0.4, 0.5) is 0 Å². The van der Waals surface area contributed by atoms with E-state index in [1.807, 2.05) is 6.07 Å². The van der Waals surface area contributed by atoms with Gasteiger partial charge in [-0.25, -0.2) is 4.99 Å². The first kappa shape index (κ1) is 25.6. The number of nitrogens with two attached hydrogens (primary N) is 2. The molecule has 1 aliphatic heterocycles. The van der Waals surface area contributed by atoms with E-state index in [0.29, 0.717) is 5.56 Å². The van der Waals surface area contributed by atoms with Gasteiger partial charge in [0.25, 0.3) is 5.91 Å². The fraction of sp³-hybridized carbons (Fsp3) is 0.429. The number of guanidine groups is 1. The van der Waals surface area contributed by atoms with Gasteiger partial charge in [-0.15, -0.1) is 0 Å². The Hall–Kier alpha value is -3.66. The molecule has 0 unspecified atom stereocenters. The van der Waals surface area contributed by atoms with Crippen molar-refractivity contribution in [2.75, 3.05) is 13.7 Å². The van der Waals surface area contributed by atoms with Crippen LogP contribution >= 0.6 is 0 Å². The number of benzene rings is 1. The predicted octanol–water partition coefficient (Wildman–Crippen LogP) is -2.34. The van der Waals surface area contributed by atoms with Gasteiger partial charge in [-0.1, -0.05) is 12.1 Å². The third-order valence-corrected chi connectivity index (χ3v) is 4.95. The number of nitrogens with one attached hydrogen (secondary N) is 1. The largest absolute Gasteiger partial charge is 0.480 e. The molecule has 0 bridgehead atoms. The number of hydrogen-bond donors (Lipinski definition) is 6. The summed E-state index contributed by atoms with van der Waals surface area (Å²) < 4.78 is 5.69. The Labute approximate surface area is 190 Å². The average molecular weight is 460 g/mol. The predicted molar refractivity (Wildman–Crippen MR) is 117 cm³/mol. The number of aliphatic imine (C=N–C) groups is 1. The molecule has 0 radical (unpaired) electrons. The maximum atomic E-state index is 13.1. The van der Waals surface area contributed by atoms with Gasteiger partial charge in [-0.3, -0.25) is 9.59 Å². The van der Waals surface area contributed by atoms with Crippen molar-refractivity contribution in [3.63, 3.8) is 0 Å². The fourth-order valence-electron chi connectivity index (χ4n) is 3.35. The Morgan fingerprint density at radius 2 is 1.94 bits per heavy atom. The molecule has 0 fully saturated rings. The molecule has 8 N–H and O–H groups in total. The molecule has 1 aromatic carbocycles. The number of hydrogen-bond acceptors (Lipinski definition) is 8. The van der Waals surface area contributed by atoms with E-state index in [9.17, 15) is 24.9 Å². The molecule has 0 spiro atoms. The summed E-state index contributed by atoms with van der Waals surface area (Å²) in [6.45, 7) is 0.625. The van der Waals surface area contributed by atoms with Gasteiger partial charge in [-0.2, -0.15) is 5.26 Å². The number of rotatable bonds is 8. The summed E-state index contributed by atoms with van der Waals surface area (Å²) in [6, 6.07) is 6.64. The Balaban J connectivity index is 2.36. The molecule has 0 saturated carbocycles. The summed E-state index contributed by atoms with van der Waals surface area (Å²) in [6.07, 6.45) is -3.33. The Morgan fingerprint density at radius 1 is 1.30 bits per heavy atom. The first-order valence-corrected chi connectivity index (χ1v) is 10.0. The van der Waals surface area contributed by atoms with Gasteiger partial charge >= 0.3 is 0 Å². The quantitative estimate of drug-likeness (QED) is 0.181. The maximum absolute atomic E-state index is 13.1. The van der Waals surface area contributed by atoms with Crippen molar-refractivity contribution >= 4 is 17.8 Å². The Morgan fingerprint density at radius 3 is 2.45 bits per heavy atom. The normalized spacial score (nSPS) is 21.5. The number of likely N-dealkylation sites (N-methyl/N-ethyl adjacent to an activating group) is 1. The van der Waals surface area contributed by atoms with E-state index >= 15 is 0 Å². The standard InChI is InChI=1S/C21H28N6O6/c1-11(29)25-17-14(26-21(23)24)7-16(33-19(17)18(31)15(30)10-28)20(32)27(2)9-13-5-3-12(8-22)4-6-13/h3-7,14-15,17-19,28,30-31H,9-10H2,1-2H3,(H,25,29)(H4,23,24,26)/t14-,15+,17+,18+,19+/m0/s1. The van der Waals surface area contributed by atoms with Crippen LogP contribution in [0.25, 0.3) is 0 Å². The van der Waals surface area contributed by atoms with Crippen molar-refractivity contribution in [3.8, 4) is 6.07 Å². The highest BCUT2D eigenvalue weighted by molar-refractivity contribution is 5.92. The van der Waals surface area contributed by atoms with Gasteiger partial charge in [-0.05, 0) is 23.8 Å². The van der Waals surface area contributed by atoms with Crippen LogP contribution in [-0.2, 0) is 20.9 Å². The lowest BCUT2D eigenvalue weighted by Gasteiger charge is -2.39. The van der Waals surface area contributed by atoms with Gasteiger partial charge in [0, 0.05) is 20.5 Å². The summed E-state index contributed by atoms with van der Waals surface area (Å²) in [4.78, 5) is 30.2. The van der Waals surface area contributed by atoms with E-state index in [1.54, 1.807) is 24.3 Å². The molecule has 12 heteroatoms. The number of amides is 2. The minimum atomic E-state index is -1.68.